The third kappa shape index (κ3) is 9.06. The van der Waals surface area contributed by atoms with Crippen molar-refractivity contribution in [1.29, 1.82) is 0 Å². The van der Waals surface area contributed by atoms with E-state index in [1.165, 1.54) is 6.33 Å². The molecule has 5 aromatic rings. The maximum atomic E-state index is 14.9. The van der Waals surface area contributed by atoms with Gasteiger partial charge in [-0.05, 0) is 57.3 Å². The van der Waals surface area contributed by atoms with Gasteiger partial charge in [-0.15, -0.1) is 10.2 Å². The Morgan fingerprint density at radius 2 is 1.62 bits per heavy atom. The van der Waals surface area contributed by atoms with E-state index in [4.69, 9.17) is 48.7 Å². The summed E-state index contributed by atoms with van der Waals surface area (Å²) in [5, 5.41) is 10.6. The van der Waals surface area contributed by atoms with Crippen LogP contribution in [0, 0.1) is 6.92 Å². The van der Waals surface area contributed by atoms with Crippen molar-refractivity contribution in [2.75, 3.05) is 11.9 Å². The zero-order valence-electron chi connectivity index (χ0n) is 30.9. The predicted molar refractivity (Wildman–Crippen MR) is 196 cm³/mol. The van der Waals surface area contributed by atoms with Crippen LogP contribution < -0.4 is 5.32 Å². The van der Waals surface area contributed by atoms with E-state index in [-0.39, 0.29) is 53.9 Å². The van der Waals surface area contributed by atoms with Crippen LogP contribution in [0.15, 0.2) is 71.4 Å². The lowest BCUT2D eigenvalue weighted by Gasteiger charge is -2.28. The first-order chi connectivity index (χ1) is 26.2. The van der Waals surface area contributed by atoms with Crippen molar-refractivity contribution in [2.45, 2.75) is 96.5 Å². The molecule has 1 unspecified atom stereocenters. The molecule has 2 fully saturated rings. The van der Waals surface area contributed by atoms with Crippen LogP contribution in [-0.2, 0) is 50.5 Å². The normalized spacial score (nSPS) is 21.4. The van der Waals surface area contributed by atoms with Gasteiger partial charge in [0.15, 0.2) is 29.0 Å². The van der Waals surface area contributed by atoms with Crippen LogP contribution in [0.3, 0.4) is 0 Å². The van der Waals surface area contributed by atoms with Gasteiger partial charge in [0.2, 0.25) is 17.0 Å². The Morgan fingerprint density at radius 1 is 0.982 bits per heavy atom. The number of hydrogen-bond acceptors (Lipinski definition) is 15. The highest BCUT2D eigenvalue weighted by Gasteiger charge is 2.57. The molecule has 292 valence electrons. The third-order valence-corrected chi connectivity index (χ3v) is 10.5. The van der Waals surface area contributed by atoms with Crippen LogP contribution in [0.5, 0.6) is 0 Å². The first-order valence-corrected chi connectivity index (χ1v) is 19.4. The number of imidazole rings is 1. The highest BCUT2D eigenvalue weighted by atomic mass is 35.5. The van der Waals surface area contributed by atoms with Gasteiger partial charge in [-0.25, -0.2) is 9.78 Å². The molecule has 0 spiro atoms. The minimum Gasteiger partial charge on any atom is -0.444 e. The fourth-order valence-corrected chi connectivity index (χ4v) is 7.94. The summed E-state index contributed by atoms with van der Waals surface area (Å²) in [5.74, 6) is -2.31. The molecule has 2 aliphatic rings. The maximum absolute atomic E-state index is 14.9. The standard InChI is InChI=1S/C36H41ClN7O10P/c1-21-42-43-30(50-21)32(55(46,48-17-22-13-9-7-10-14-22)49-18-23-15-11-8-12-16-23)47-19-24-26-27(53-36(5,6)52-26)31(51-24)44-20-38-25-28(39-33(37)41-29(25)44)40-34(45)54-35(2,3)4/h7-16,20,24,26-27,31-32H,17-19H2,1-6H3,(H,39,40,41,45)/t24-,26-,27-,31-,32?/m1/s1. The summed E-state index contributed by atoms with van der Waals surface area (Å²) in [6.07, 6.45) is -2.33. The Labute approximate surface area is 321 Å². The molecule has 2 saturated heterocycles. The summed E-state index contributed by atoms with van der Waals surface area (Å²) in [6, 6.07) is 18.5. The van der Waals surface area contributed by atoms with E-state index in [1.807, 2.05) is 60.7 Å². The van der Waals surface area contributed by atoms with Gasteiger partial charge in [-0.1, -0.05) is 60.7 Å². The van der Waals surface area contributed by atoms with Crippen molar-refractivity contribution in [3.8, 4) is 0 Å². The van der Waals surface area contributed by atoms with Gasteiger partial charge in [0, 0.05) is 6.92 Å². The van der Waals surface area contributed by atoms with Gasteiger partial charge >= 0.3 is 13.7 Å². The maximum Gasteiger partial charge on any atom is 0.413 e. The first-order valence-electron chi connectivity index (χ1n) is 17.5. The summed E-state index contributed by atoms with van der Waals surface area (Å²) >= 11 is 6.34. The van der Waals surface area contributed by atoms with Crippen molar-refractivity contribution < 1.29 is 46.5 Å². The van der Waals surface area contributed by atoms with Crippen LogP contribution in [0.4, 0.5) is 10.6 Å². The van der Waals surface area contributed by atoms with Crippen LogP contribution in [0.25, 0.3) is 11.2 Å². The van der Waals surface area contributed by atoms with E-state index in [1.54, 1.807) is 46.1 Å². The van der Waals surface area contributed by atoms with E-state index in [0.717, 1.165) is 11.1 Å². The van der Waals surface area contributed by atoms with E-state index in [0.29, 0.717) is 0 Å². The number of amides is 1. The van der Waals surface area contributed by atoms with Crippen LogP contribution >= 0.6 is 19.2 Å². The number of benzene rings is 2. The Hall–Kier alpha value is -4.32. The van der Waals surface area contributed by atoms with Gasteiger partial charge in [0.05, 0.1) is 26.1 Å². The predicted octanol–water partition coefficient (Wildman–Crippen LogP) is 7.28. The fraction of sp³-hybridized carbons (Fsp3) is 0.444. The van der Waals surface area contributed by atoms with Gasteiger partial charge in [-0.2, -0.15) is 9.97 Å². The van der Waals surface area contributed by atoms with E-state index < -0.39 is 55.5 Å². The largest absolute Gasteiger partial charge is 0.444 e. The number of rotatable bonds is 13. The van der Waals surface area contributed by atoms with Crippen LogP contribution in [-0.4, -0.2) is 72.1 Å². The number of fused-ring (bicyclic) bond motifs is 2. The number of hydrogen-bond donors (Lipinski definition) is 1. The molecule has 0 radical (unpaired) electrons. The minimum absolute atomic E-state index is 0.0424. The Kier molecular flexibility index (Phi) is 11.1. The number of anilines is 1. The van der Waals surface area contributed by atoms with E-state index >= 15 is 0 Å². The number of nitrogens with one attached hydrogen (secondary N) is 1. The molecular formula is C36H41ClN7O10P. The van der Waals surface area contributed by atoms with Gasteiger partial charge in [-0.3, -0.25) is 14.4 Å². The molecule has 1 amide bonds. The topological polar surface area (TPSA) is 193 Å². The molecule has 3 aromatic heterocycles. The molecule has 19 heteroatoms. The molecule has 2 aromatic carbocycles. The van der Waals surface area contributed by atoms with Gasteiger partial charge in [0.25, 0.3) is 5.89 Å². The number of aromatic nitrogens is 6. The molecule has 0 saturated carbocycles. The van der Waals surface area contributed by atoms with Crippen molar-refractivity contribution in [3.05, 3.63) is 95.2 Å². The van der Waals surface area contributed by atoms with E-state index in [2.05, 4.69) is 30.5 Å². The summed E-state index contributed by atoms with van der Waals surface area (Å²) in [7, 11) is -4.25. The minimum atomic E-state index is -4.25. The number of carbonyl (C=O) groups is 1. The molecule has 17 nitrogen and oxygen atoms in total. The summed E-state index contributed by atoms with van der Waals surface area (Å²) < 4.78 is 65.6. The molecule has 7 rings (SSSR count). The Bertz CT molecular complexity index is 2120. The molecule has 1 N–H and O–H groups in total. The zero-order valence-corrected chi connectivity index (χ0v) is 32.6. The lowest BCUT2D eigenvalue weighted by molar-refractivity contribution is -0.202. The number of ether oxygens (including phenoxy) is 5. The monoisotopic (exact) mass is 797 g/mol. The second-order valence-corrected chi connectivity index (χ2v) is 16.7. The summed E-state index contributed by atoms with van der Waals surface area (Å²) in [4.78, 5) is 25.7. The smallest absolute Gasteiger partial charge is 0.413 e. The molecule has 5 atom stereocenters. The van der Waals surface area contributed by atoms with Crippen LogP contribution in [0.2, 0.25) is 5.28 Å². The van der Waals surface area contributed by atoms with Crippen molar-refractivity contribution in [3.63, 3.8) is 0 Å². The highest BCUT2D eigenvalue weighted by Crippen LogP contribution is 2.62. The number of carbonyl (C=O) groups excluding carboxylic acids is 1. The molecule has 2 aliphatic heterocycles. The van der Waals surface area contributed by atoms with Crippen molar-refractivity contribution in [1.82, 2.24) is 29.7 Å². The van der Waals surface area contributed by atoms with Gasteiger partial charge in [0.1, 0.15) is 23.9 Å². The summed E-state index contributed by atoms with van der Waals surface area (Å²) in [6.45, 7) is 10.1. The molecule has 5 heterocycles. The fourth-order valence-electron chi connectivity index (χ4n) is 6.13. The number of nitrogens with zero attached hydrogens (tertiary/aromatic N) is 6. The second kappa shape index (κ2) is 15.7. The molecule has 0 bridgehead atoms. The molecule has 0 aliphatic carbocycles. The Morgan fingerprint density at radius 3 is 2.22 bits per heavy atom. The lowest BCUT2D eigenvalue weighted by atomic mass is 10.1. The average molecular weight is 798 g/mol. The SMILES string of the molecule is Cc1nnc(C(OC[C@H]2O[C@@H](n3cnc4c(NC(=O)OC(C)(C)C)nc(Cl)nc43)[C@@H]3OC(C)(C)O[C@@H]32)P(=O)(OCc2ccccc2)OCc2ccccc2)o1. The van der Waals surface area contributed by atoms with Gasteiger partial charge < -0.3 is 37.1 Å². The van der Waals surface area contributed by atoms with E-state index in [9.17, 15) is 9.36 Å². The number of halogens is 1. The highest BCUT2D eigenvalue weighted by molar-refractivity contribution is 7.54. The average Bonchev–Trinajstić information content (AvgIpc) is 3.90. The molecule has 55 heavy (non-hydrogen) atoms. The lowest BCUT2D eigenvalue weighted by Crippen LogP contribution is -2.33. The van der Waals surface area contributed by atoms with Crippen molar-refractivity contribution >= 4 is 42.3 Å². The molecular weight excluding hydrogens is 757 g/mol. The second-order valence-electron chi connectivity index (χ2n) is 14.3. The summed E-state index contributed by atoms with van der Waals surface area (Å²) in [5.41, 5.74) is 1.24. The Balaban J connectivity index is 1.17. The third-order valence-electron chi connectivity index (χ3n) is 8.38. The quantitative estimate of drug-likeness (QED) is 0.0922. The first kappa shape index (κ1) is 38.9. The zero-order chi connectivity index (χ0) is 39.0. The van der Waals surface area contributed by atoms with Crippen LogP contribution in [0.1, 0.15) is 69.6 Å². The van der Waals surface area contributed by atoms with Crippen molar-refractivity contribution in [2.24, 2.45) is 0 Å². The number of aryl methyl sites for hydroxylation is 1.